The summed E-state index contributed by atoms with van der Waals surface area (Å²) >= 11 is 4.84. The Balaban J connectivity index is 2.13. The third kappa shape index (κ3) is 2.70. The summed E-state index contributed by atoms with van der Waals surface area (Å²) in [5.41, 5.74) is 1.36. The zero-order valence-electron chi connectivity index (χ0n) is 8.36. The molecule has 1 nitrogen and oxygen atoms in total. The lowest BCUT2D eigenvalue weighted by Gasteiger charge is -2.09. The lowest BCUT2D eigenvalue weighted by Crippen LogP contribution is -2.02. The topological polar surface area (TPSA) is 20.2 Å². The van der Waals surface area contributed by atoms with Crippen LogP contribution in [0, 0.1) is 5.82 Å². The van der Waals surface area contributed by atoms with Crippen molar-refractivity contribution in [2.45, 2.75) is 12.5 Å². The Hall–Kier alpha value is -0.710. The van der Waals surface area contributed by atoms with Gasteiger partial charge in [-0.15, -0.1) is 11.3 Å². The molecule has 1 aromatic heterocycles. The average Bonchev–Trinajstić information content (AvgIpc) is 2.68. The summed E-state index contributed by atoms with van der Waals surface area (Å²) in [7, 11) is 0. The van der Waals surface area contributed by atoms with Crippen LogP contribution >= 0.6 is 27.3 Å². The maximum Gasteiger partial charge on any atom is 0.126 e. The minimum absolute atomic E-state index is 0.268. The van der Waals surface area contributed by atoms with Gasteiger partial charge in [-0.1, -0.05) is 18.2 Å². The SMILES string of the molecule is OC(Cc1ccccc1F)c1csc(Br)c1. The summed E-state index contributed by atoms with van der Waals surface area (Å²) < 4.78 is 14.3. The summed E-state index contributed by atoms with van der Waals surface area (Å²) in [6, 6.07) is 8.38. The van der Waals surface area contributed by atoms with Gasteiger partial charge in [-0.05, 0) is 44.6 Å². The van der Waals surface area contributed by atoms with Gasteiger partial charge in [0.05, 0.1) is 9.89 Å². The van der Waals surface area contributed by atoms with Gasteiger partial charge in [-0.2, -0.15) is 0 Å². The molecule has 0 bridgehead atoms. The number of thiophene rings is 1. The highest BCUT2D eigenvalue weighted by Gasteiger charge is 2.12. The van der Waals surface area contributed by atoms with Gasteiger partial charge in [0, 0.05) is 6.42 Å². The number of aliphatic hydroxyl groups excluding tert-OH is 1. The van der Waals surface area contributed by atoms with E-state index < -0.39 is 6.10 Å². The van der Waals surface area contributed by atoms with Gasteiger partial charge in [-0.25, -0.2) is 4.39 Å². The van der Waals surface area contributed by atoms with Gasteiger partial charge in [0.25, 0.3) is 0 Å². The van der Waals surface area contributed by atoms with Crippen LogP contribution in [0.4, 0.5) is 4.39 Å². The minimum atomic E-state index is -0.653. The minimum Gasteiger partial charge on any atom is -0.388 e. The molecule has 1 atom stereocenters. The van der Waals surface area contributed by atoms with Crippen LogP contribution in [-0.4, -0.2) is 5.11 Å². The van der Waals surface area contributed by atoms with Crippen LogP contribution < -0.4 is 0 Å². The van der Waals surface area contributed by atoms with E-state index in [9.17, 15) is 9.50 Å². The van der Waals surface area contributed by atoms with Gasteiger partial charge >= 0.3 is 0 Å². The van der Waals surface area contributed by atoms with E-state index >= 15 is 0 Å². The van der Waals surface area contributed by atoms with Crippen molar-refractivity contribution in [2.75, 3.05) is 0 Å². The average molecular weight is 301 g/mol. The molecule has 0 saturated carbocycles. The van der Waals surface area contributed by atoms with Crippen molar-refractivity contribution in [1.29, 1.82) is 0 Å². The first-order valence-electron chi connectivity index (χ1n) is 4.82. The second-order valence-electron chi connectivity index (χ2n) is 3.50. The second kappa shape index (κ2) is 5.08. The highest BCUT2D eigenvalue weighted by molar-refractivity contribution is 9.11. The molecular weight excluding hydrogens is 291 g/mol. The van der Waals surface area contributed by atoms with E-state index in [0.29, 0.717) is 12.0 Å². The van der Waals surface area contributed by atoms with Crippen LogP contribution in [0.25, 0.3) is 0 Å². The summed E-state index contributed by atoms with van der Waals surface area (Å²) in [4.78, 5) is 0. The Labute approximate surface area is 106 Å². The lowest BCUT2D eigenvalue weighted by atomic mass is 10.0. The summed E-state index contributed by atoms with van der Waals surface area (Å²) in [6.45, 7) is 0. The molecule has 84 valence electrons. The molecule has 16 heavy (non-hydrogen) atoms. The Kier molecular flexibility index (Phi) is 3.74. The van der Waals surface area contributed by atoms with Crippen molar-refractivity contribution in [3.63, 3.8) is 0 Å². The Morgan fingerprint density at radius 3 is 2.75 bits per heavy atom. The van der Waals surface area contributed by atoms with Crippen molar-refractivity contribution >= 4 is 27.3 Å². The van der Waals surface area contributed by atoms with Crippen LogP contribution in [0.5, 0.6) is 0 Å². The largest absolute Gasteiger partial charge is 0.388 e. The number of hydrogen-bond donors (Lipinski definition) is 1. The third-order valence-electron chi connectivity index (χ3n) is 2.34. The highest BCUT2D eigenvalue weighted by Crippen LogP contribution is 2.27. The first-order chi connectivity index (χ1) is 7.66. The van der Waals surface area contributed by atoms with E-state index in [1.54, 1.807) is 18.2 Å². The van der Waals surface area contributed by atoms with E-state index in [-0.39, 0.29) is 5.82 Å². The third-order valence-corrected chi connectivity index (χ3v) is 3.87. The van der Waals surface area contributed by atoms with Gasteiger partial charge in [-0.3, -0.25) is 0 Å². The molecule has 0 aliphatic heterocycles. The number of rotatable bonds is 3. The quantitative estimate of drug-likeness (QED) is 0.911. The molecule has 0 aliphatic rings. The van der Waals surface area contributed by atoms with Crippen LogP contribution in [0.1, 0.15) is 17.2 Å². The molecule has 2 rings (SSSR count). The van der Waals surface area contributed by atoms with Crippen molar-refractivity contribution in [1.82, 2.24) is 0 Å². The van der Waals surface area contributed by atoms with E-state index in [0.717, 1.165) is 9.35 Å². The van der Waals surface area contributed by atoms with Crippen LogP contribution in [0.15, 0.2) is 39.5 Å². The molecule has 1 N–H and O–H groups in total. The molecule has 4 heteroatoms. The Morgan fingerprint density at radius 1 is 1.38 bits per heavy atom. The summed E-state index contributed by atoms with van der Waals surface area (Å²) in [5.74, 6) is -0.268. The summed E-state index contributed by atoms with van der Waals surface area (Å²) in [6.07, 6.45) is -0.352. The smallest absolute Gasteiger partial charge is 0.126 e. The number of benzene rings is 1. The van der Waals surface area contributed by atoms with Crippen LogP contribution in [0.2, 0.25) is 0 Å². The molecule has 0 aliphatic carbocycles. The lowest BCUT2D eigenvalue weighted by molar-refractivity contribution is 0.177. The maximum absolute atomic E-state index is 13.4. The van der Waals surface area contributed by atoms with Crippen molar-refractivity contribution in [3.8, 4) is 0 Å². The predicted molar refractivity (Wildman–Crippen MR) is 67.1 cm³/mol. The van der Waals surface area contributed by atoms with Gasteiger partial charge < -0.3 is 5.11 Å². The monoisotopic (exact) mass is 300 g/mol. The van der Waals surface area contributed by atoms with Crippen LogP contribution in [0.3, 0.4) is 0 Å². The normalized spacial score (nSPS) is 12.7. The zero-order chi connectivity index (χ0) is 11.5. The number of aliphatic hydroxyl groups is 1. The Morgan fingerprint density at radius 2 is 2.12 bits per heavy atom. The van der Waals surface area contributed by atoms with Gasteiger partial charge in [0.1, 0.15) is 5.82 Å². The van der Waals surface area contributed by atoms with E-state index in [4.69, 9.17) is 0 Å². The number of halogens is 2. The molecule has 0 spiro atoms. The molecule has 1 aromatic carbocycles. The highest BCUT2D eigenvalue weighted by atomic mass is 79.9. The van der Waals surface area contributed by atoms with Crippen molar-refractivity contribution < 1.29 is 9.50 Å². The van der Waals surface area contributed by atoms with E-state index in [1.165, 1.54) is 17.4 Å². The number of hydrogen-bond acceptors (Lipinski definition) is 2. The molecule has 2 aromatic rings. The molecule has 0 amide bonds. The molecule has 1 heterocycles. The maximum atomic E-state index is 13.4. The molecule has 0 saturated heterocycles. The zero-order valence-corrected chi connectivity index (χ0v) is 10.8. The van der Waals surface area contributed by atoms with Gasteiger partial charge in [0.15, 0.2) is 0 Å². The summed E-state index contributed by atoms with van der Waals surface area (Å²) in [5, 5.41) is 11.8. The second-order valence-corrected chi connectivity index (χ2v) is 5.79. The van der Waals surface area contributed by atoms with E-state index in [1.807, 2.05) is 11.4 Å². The molecule has 1 unspecified atom stereocenters. The van der Waals surface area contributed by atoms with Crippen LogP contribution in [-0.2, 0) is 6.42 Å². The molecular formula is C12H10BrFOS. The Bertz CT molecular complexity index is 483. The van der Waals surface area contributed by atoms with Crippen molar-refractivity contribution in [3.05, 3.63) is 56.4 Å². The first-order valence-corrected chi connectivity index (χ1v) is 6.49. The standard InChI is InChI=1S/C12H10BrFOS/c13-12-6-9(7-16-12)11(15)5-8-3-1-2-4-10(8)14/h1-4,6-7,11,15H,5H2. The molecule has 0 radical (unpaired) electrons. The fourth-order valence-corrected chi connectivity index (χ4v) is 2.71. The first kappa shape index (κ1) is 11.8. The van der Waals surface area contributed by atoms with Crippen molar-refractivity contribution in [2.24, 2.45) is 0 Å². The fraction of sp³-hybridized carbons (Fsp3) is 0.167. The van der Waals surface area contributed by atoms with Gasteiger partial charge in [0.2, 0.25) is 0 Å². The molecule has 0 fully saturated rings. The van der Waals surface area contributed by atoms with E-state index in [2.05, 4.69) is 15.9 Å². The predicted octanol–water partition coefficient (Wildman–Crippen LogP) is 3.93. The fourth-order valence-electron chi connectivity index (χ4n) is 1.49.